The van der Waals surface area contributed by atoms with E-state index < -0.39 is 0 Å². The molecule has 0 N–H and O–H groups in total. The predicted molar refractivity (Wildman–Crippen MR) is 165 cm³/mol. The zero-order chi connectivity index (χ0) is 26.6. The zero-order valence-electron chi connectivity index (χ0n) is 23.0. The van der Waals surface area contributed by atoms with Gasteiger partial charge in [-0.05, 0) is 86.6 Å². The van der Waals surface area contributed by atoms with E-state index in [1.165, 1.54) is 56.7 Å². The van der Waals surface area contributed by atoms with Gasteiger partial charge in [0, 0.05) is 34.3 Å². The second kappa shape index (κ2) is 9.56. The first-order valence-electron chi connectivity index (χ1n) is 15.2. The van der Waals surface area contributed by atoms with Gasteiger partial charge >= 0.3 is 0 Å². The summed E-state index contributed by atoms with van der Waals surface area (Å²) < 4.78 is 2.72. The molecule has 3 nitrogen and oxygen atoms in total. The number of fused-ring (bicyclic) bond motifs is 6. The molecule has 0 bridgehead atoms. The van der Waals surface area contributed by atoms with Crippen molar-refractivity contribution in [2.24, 2.45) is 0 Å². The summed E-state index contributed by atoms with van der Waals surface area (Å²) in [6, 6.07) is 19.3. The van der Waals surface area contributed by atoms with Crippen LogP contribution >= 0.6 is 0 Å². The summed E-state index contributed by atoms with van der Waals surface area (Å²) in [6.45, 7) is 0. The molecule has 8 rings (SSSR count). The number of aromatic nitrogens is 1. The lowest BCUT2D eigenvalue weighted by atomic mass is 9.84. The summed E-state index contributed by atoms with van der Waals surface area (Å²) in [5, 5.41) is 11.2. The molecule has 2 aromatic carbocycles. The van der Waals surface area contributed by atoms with Gasteiger partial charge in [0.15, 0.2) is 0 Å². The third-order valence-electron chi connectivity index (χ3n) is 9.80. The first-order chi connectivity index (χ1) is 19.8. The van der Waals surface area contributed by atoms with Crippen molar-refractivity contribution in [1.82, 2.24) is 4.57 Å². The molecule has 40 heavy (non-hydrogen) atoms. The van der Waals surface area contributed by atoms with Gasteiger partial charge in [-0.3, -0.25) is 0 Å². The summed E-state index contributed by atoms with van der Waals surface area (Å²) >= 11 is 0. The quantitative estimate of drug-likeness (QED) is 0.322. The first-order valence-corrected chi connectivity index (χ1v) is 15.2. The molecule has 3 aromatic rings. The number of nitriles is 1. The third kappa shape index (κ3) is 3.55. The van der Waals surface area contributed by atoms with E-state index in [2.05, 4.69) is 101 Å². The molecular formula is C37H35N3. The van der Waals surface area contributed by atoms with Gasteiger partial charge in [-0.1, -0.05) is 72.9 Å². The van der Waals surface area contributed by atoms with Crippen molar-refractivity contribution in [1.29, 1.82) is 5.26 Å². The Kier molecular flexibility index (Phi) is 5.69. The smallest absolute Gasteiger partial charge is 0.0994 e. The number of hydrogen-bond donors (Lipinski definition) is 0. The minimum atomic E-state index is 0.297. The Bertz CT molecular complexity index is 1720. The first kappa shape index (κ1) is 23.8. The number of allylic oxidation sites excluding steroid dienone is 8. The van der Waals surface area contributed by atoms with E-state index in [9.17, 15) is 5.26 Å². The molecule has 3 atom stereocenters. The normalized spacial score (nSPS) is 25.0. The molecule has 4 aliphatic carbocycles. The monoisotopic (exact) mass is 521 g/mol. The minimum Gasteiger partial charge on any atom is -0.335 e. The van der Waals surface area contributed by atoms with Gasteiger partial charge in [0.2, 0.25) is 0 Å². The van der Waals surface area contributed by atoms with E-state index in [4.69, 9.17) is 0 Å². The molecular weight excluding hydrogens is 486 g/mol. The molecule has 2 heterocycles. The van der Waals surface area contributed by atoms with Crippen LogP contribution in [0.2, 0.25) is 0 Å². The maximum absolute atomic E-state index is 9.86. The van der Waals surface area contributed by atoms with E-state index in [1.54, 1.807) is 0 Å². The Labute approximate surface area is 237 Å². The summed E-state index contributed by atoms with van der Waals surface area (Å²) in [7, 11) is 0. The molecule has 3 unspecified atom stereocenters. The van der Waals surface area contributed by atoms with Gasteiger partial charge in [-0.25, -0.2) is 0 Å². The second-order valence-electron chi connectivity index (χ2n) is 11.9. The average Bonchev–Trinajstić information content (AvgIpc) is 3.54. The lowest BCUT2D eigenvalue weighted by Gasteiger charge is -2.33. The van der Waals surface area contributed by atoms with Crippen molar-refractivity contribution in [2.45, 2.75) is 75.8 Å². The highest BCUT2D eigenvalue weighted by molar-refractivity contribution is 6.01. The molecule has 0 amide bonds. The molecule has 1 aliphatic heterocycles. The molecule has 1 aromatic heterocycles. The molecule has 0 fully saturated rings. The molecule has 0 saturated carbocycles. The van der Waals surface area contributed by atoms with Crippen LogP contribution in [0.1, 0.15) is 80.1 Å². The van der Waals surface area contributed by atoms with Crippen LogP contribution in [0.3, 0.4) is 0 Å². The number of para-hydroxylation sites is 2. The van der Waals surface area contributed by atoms with Crippen LogP contribution in [-0.2, 0) is 6.42 Å². The van der Waals surface area contributed by atoms with Crippen LogP contribution in [-0.4, -0.2) is 10.6 Å². The highest BCUT2D eigenvalue weighted by atomic mass is 15.2. The van der Waals surface area contributed by atoms with Gasteiger partial charge in [-0.15, -0.1) is 0 Å². The van der Waals surface area contributed by atoms with Gasteiger partial charge in [0.25, 0.3) is 0 Å². The van der Waals surface area contributed by atoms with Gasteiger partial charge in [0.1, 0.15) is 0 Å². The van der Waals surface area contributed by atoms with E-state index >= 15 is 0 Å². The van der Waals surface area contributed by atoms with Crippen LogP contribution in [0.5, 0.6) is 0 Å². The SMILES string of the molecule is N#CC1=CCCC=C1C1=CC(n2c3c(c4cccc(N5c6ccccc6C6C=CCCC65)c42)C=CCC3)CCC1. The van der Waals surface area contributed by atoms with Gasteiger partial charge in [0.05, 0.1) is 28.9 Å². The van der Waals surface area contributed by atoms with E-state index in [0.29, 0.717) is 18.0 Å². The lowest BCUT2D eigenvalue weighted by Crippen LogP contribution is -2.31. The largest absolute Gasteiger partial charge is 0.335 e. The molecule has 3 heteroatoms. The summed E-state index contributed by atoms with van der Waals surface area (Å²) in [6.07, 6.45) is 26.4. The summed E-state index contributed by atoms with van der Waals surface area (Å²) in [5.74, 6) is 0.453. The van der Waals surface area contributed by atoms with E-state index in [-0.39, 0.29) is 0 Å². The standard InChI is InChI=1S/C37H35N3/c38-24-26-11-1-2-14-28(26)25-12-9-13-27(23-25)39-33-19-6-5-17-31(33)32-18-10-22-36(37(32)39)40-34-20-7-3-15-29(34)30-16-4-8-21-35(30)40/h3-5,7,10-11,14-18,20,22-23,27,30,35H,1-2,6,8-9,12-13,19,21H2. The Morgan fingerprint density at radius 2 is 1.75 bits per heavy atom. The number of anilines is 2. The van der Waals surface area contributed by atoms with Crippen molar-refractivity contribution < 1.29 is 0 Å². The fourth-order valence-corrected chi connectivity index (χ4v) is 8.15. The average molecular weight is 522 g/mol. The maximum atomic E-state index is 9.86. The van der Waals surface area contributed by atoms with Crippen LogP contribution in [0, 0.1) is 11.3 Å². The number of hydrogen-bond acceptors (Lipinski definition) is 2. The molecule has 5 aliphatic rings. The molecule has 0 radical (unpaired) electrons. The van der Waals surface area contributed by atoms with Crippen LogP contribution in [0.15, 0.2) is 95.6 Å². The maximum Gasteiger partial charge on any atom is 0.0994 e. The number of benzene rings is 2. The van der Waals surface area contributed by atoms with Crippen molar-refractivity contribution >= 4 is 28.4 Å². The molecule has 198 valence electrons. The lowest BCUT2D eigenvalue weighted by molar-refractivity contribution is 0.506. The summed E-state index contributed by atoms with van der Waals surface area (Å²) in [4.78, 5) is 2.69. The van der Waals surface area contributed by atoms with Gasteiger partial charge in [-0.2, -0.15) is 5.26 Å². The highest BCUT2D eigenvalue weighted by Crippen LogP contribution is 2.52. The second-order valence-corrected chi connectivity index (χ2v) is 11.9. The third-order valence-corrected chi connectivity index (χ3v) is 9.80. The topological polar surface area (TPSA) is 32.0 Å². The van der Waals surface area contributed by atoms with Gasteiger partial charge < -0.3 is 9.47 Å². The predicted octanol–water partition coefficient (Wildman–Crippen LogP) is 9.38. The Balaban J connectivity index is 1.34. The molecule has 0 saturated heterocycles. The minimum absolute atomic E-state index is 0.297. The fourth-order valence-electron chi connectivity index (χ4n) is 8.15. The van der Waals surface area contributed by atoms with E-state index in [0.717, 1.165) is 56.9 Å². The van der Waals surface area contributed by atoms with Crippen LogP contribution < -0.4 is 4.90 Å². The molecule has 0 spiro atoms. The Morgan fingerprint density at radius 1 is 0.850 bits per heavy atom. The van der Waals surface area contributed by atoms with Crippen LogP contribution in [0.25, 0.3) is 17.0 Å². The number of rotatable bonds is 3. The Hall–Kier alpha value is -4.03. The summed E-state index contributed by atoms with van der Waals surface area (Å²) in [5.41, 5.74) is 11.9. The highest BCUT2D eigenvalue weighted by Gasteiger charge is 2.40. The fraction of sp³-hybridized carbons (Fsp3) is 0.324. The van der Waals surface area contributed by atoms with Crippen molar-refractivity contribution in [2.75, 3.05) is 4.90 Å². The van der Waals surface area contributed by atoms with Crippen molar-refractivity contribution in [3.8, 4) is 6.07 Å². The van der Waals surface area contributed by atoms with Crippen molar-refractivity contribution in [3.63, 3.8) is 0 Å². The number of nitrogens with zero attached hydrogens (tertiary/aromatic N) is 3. The van der Waals surface area contributed by atoms with Crippen molar-refractivity contribution in [3.05, 3.63) is 112 Å². The Morgan fingerprint density at radius 3 is 2.70 bits per heavy atom. The zero-order valence-corrected chi connectivity index (χ0v) is 23.0. The van der Waals surface area contributed by atoms with Crippen LogP contribution in [0.4, 0.5) is 11.4 Å². The van der Waals surface area contributed by atoms with E-state index in [1.807, 2.05) is 0 Å².